The summed E-state index contributed by atoms with van der Waals surface area (Å²) in [5.41, 5.74) is -1.33. The molecule has 0 bridgehead atoms. The molecule has 7 nitrogen and oxygen atoms in total. The SMILES string of the molecule is CC(=O)SCCC(=O)N1CC2(C[C@H]1C(=O)O)C(=O)CCC2=O. The van der Waals surface area contributed by atoms with Crippen LogP contribution in [0.15, 0.2) is 0 Å². The molecule has 0 aromatic carbocycles. The predicted molar refractivity (Wildman–Crippen MR) is 77.2 cm³/mol. The third-order valence-corrected chi connectivity index (χ3v) is 5.05. The molecule has 1 atom stereocenters. The second kappa shape index (κ2) is 6.20. The predicted octanol–water partition coefficient (Wildman–Crippen LogP) is 0.260. The average Bonchev–Trinajstić information content (AvgIpc) is 2.96. The zero-order valence-corrected chi connectivity index (χ0v) is 13.0. The van der Waals surface area contributed by atoms with Crippen molar-refractivity contribution in [1.82, 2.24) is 4.90 Å². The fourth-order valence-electron chi connectivity index (χ4n) is 3.08. The first-order valence-electron chi connectivity index (χ1n) is 7.00. The molecule has 0 aromatic rings. The number of hydrogen-bond donors (Lipinski definition) is 1. The van der Waals surface area contributed by atoms with Crippen LogP contribution in [0.25, 0.3) is 0 Å². The second-order valence-electron chi connectivity index (χ2n) is 5.60. The molecule has 0 unspecified atom stereocenters. The van der Waals surface area contributed by atoms with Gasteiger partial charge >= 0.3 is 5.97 Å². The van der Waals surface area contributed by atoms with Crippen molar-refractivity contribution in [2.75, 3.05) is 12.3 Å². The quantitative estimate of drug-likeness (QED) is 0.738. The number of carboxylic acid groups (broad SMARTS) is 1. The van der Waals surface area contributed by atoms with E-state index in [-0.39, 0.29) is 54.7 Å². The van der Waals surface area contributed by atoms with Crippen LogP contribution in [-0.4, -0.2) is 56.9 Å². The zero-order valence-electron chi connectivity index (χ0n) is 12.2. The molecule has 1 aliphatic carbocycles. The lowest BCUT2D eigenvalue weighted by Crippen LogP contribution is -2.41. The molecule has 8 heteroatoms. The number of carboxylic acids is 1. The largest absolute Gasteiger partial charge is 0.480 e. The van der Waals surface area contributed by atoms with E-state index in [1.54, 1.807) is 0 Å². The Morgan fingerprint density at radius 1 is 1.27 bits per heavy atom. The summed E-state index contributed by atoms with van der Waals surface area (Å²) in [6.45, 7) is 1.24. The molecule has 1 aliphatic heterocycles. The van der Waals surface area contributed by atoms with Crippen LogP contribution in [0.5, 0.6) is 0 Å². The smallest absolute Gasteiger partial charge is 0.326 e. The first kappa shape index (κ1) is 16.7. The summed E-state index contributed by atoms with van der Waals surface area (Å²) in [7, 11) is 0. The first-order chi connectivity index (χ1) is 10.3. The summed E-state index contributed by atoms with van der Waals surface area (Å²) >= 11 is 0.985. The maximum atomic E-state index is 12.2. The number of Topliss-reactive ketones (excluding diaryl/α,β-unsaturated/α-hetero) is 2. The normalized spacial score (nSPS) is 23.3. The Morgan fingerprint density at radius 2 is 1.86 bits per heavy atom. The lowest BCUT2D eigenvalue weighted by atomic mass is 9.82. The summed E-state index contributed by atoms with van der Waals surface area (Å²) < 4.78 is 0. The van der Waals surface area contributed by atoms with Gasteiger partial charge in [0.05, 0.1) is 0 Å². The molecule has 1 heterocycles. The number of nitrogens with zero attached hydrogens (tertiary/aromatic N) is 1. The standard InChI is InChI=1S/C14H17NO6S/c1-8(16)22-5-4-12(19)15-7-14(6-9(15)13(20)21)10(17)2-3-11(14)18/h9H,2-7H2,1H3,(H,20,21)/t9-/m0/s1. The van der Waals surface area contributed by atoms with Crippen LogP contribution in [0.2, 0.25) is 0 Å². The van der Waals surface area contributed by atoms with Crippen molar-refractivity contribution in [3.05, 3.63) is 0 Å². The highest BCUT2D eigenvalue weighted by Crippen LogP contribution is 2.43. The number of hydrogen-bond acceptors (Lipinski definition) is 6. The van der Waals surface area contributed by atoms with Gasteiger partial charge in [-0.05, 0) is 6.42 Å². The van der Waals surface area contributed by atoms with Crippen molar-refractivity contribution in [3.8, 4) is 0 Å². The third kappa shape index (κ3) is 2.92. The summed E-state index contributed by atoms with van der Waals surface area (Å²) in [5, 5.41) is 9.16. The minimum absolute atomic E-state index is 0.00644. The molecule has 2 aliphatic rings. The number of aliphatic carboxylic acids is 1. The fourth-order valence-corrected chi connectivity index (χ4v) is 3.64. The van der Waals surface area contributed by atoms with Gasteiger partial charge in [-0.1, -0.05) is 11.8 Å². The van der Waals surface area contributed by atoms with Crippen LogP contribution in [0, 0.1) is 5.41 Å². The molecule has 1 saturated heterocycles. The highest BCUT2D eigenvalue weighted by Gasteiger charge is 2.59. The van der Waals surface area contributed by atoms with Crippen molar-refractivity contribution in [1.29, 1.82) is 0 Å². The highest BCUT2D eigenvalue weighted by atomic mass is 32.2. The van der Waals surface area contributed by atoms with Crippen LogP contribution >= 0.6 is 11.8 Å². The zero-order chi connectivity index (χ0) is 16.5. The fraction of sp³-hybridized carbons (Fsp3) is 0.643. The number of thioether (sulfide) groups is 1. The van der Waals surface area contributed by atoms with Crippen LogP contribution < -0.4 is 0 Å². The van der Waals surface area contributed by atoms with Gasteiger partial charge in [-0.25, -0.2) is 4.79 Å². The van der Waals surface area contributed by atoms with E-state index in [9.17, 15) is 29.1 Å². The van der Waals surface area contributed by atoms with Gasteiger partial charge in [0.25, 0.3) is 0 Å². The van der Waals surface area contributed by atoms with E-state index < -0.39 is 23.3 Å². The summed E-state index contributed by atoms with van der Waals surface area (Å²) in [6.07, 6.45) is 0.110. The van der Waals surface area contributed by atoms with Crippen molar-refractivity contribution in [2.45, 2.75) is 38.6 Å². The van der Waals surface area contributed by atoms with Gasteiger partial charge in [-0.3, -0.25) is 19.2 Å². The number of amides is 1. The maximum Gasteiger partial charge on any atom is 0.326 e. The molecule has 1 amide bonds. The lowest BCUT2D eigenvalue weighted by Gasteiger charge is -2.22. The summed E-state index contributed by atoms with van der Waals surface area (Å²) in [4.78, 5) is 59.7. The first-order valence-corrected chi connectivity index (χ1v) is 7.99. The average molecular weight is 327 g/mol. The molecule has 22 heavy (non-hydrogen) atoms. The van der Waals surface area contributed by atoms with E-state index in [0.29, 0.717) is 0 Å². The van der Waals surface area contributed by atoms with E-state index in [1.165, 1.54) is 6.92 Å². The Morgan fingerprint density at radius 3 is 2.36 bits per heavy atom. The Labute approximate surface area is 131 Å². The van der Waals surface area contributed by atoms with E-state index in [4.69, 9.17) is 0 Å². The summed E-state index contributed by atoms with van der Waals surface area (Å²) in [5.74, 6) is -1.93. The van der Waals surface area contributed by atoms with Gasteiger partial charge in [0.2, 0.25) is 5.91 Å². The Hall–Kier alpha value is -1.70. The van der Waals surface area contributed by atoms with Crippen LogP contribution in [-0.2, 0) is 24.0 Å². The number of rotatable bonds is 4. The third-order valence-electron chi connectivity index (χ3n) is 4.23. The summed E-state index contributed by atoms with van der Waals surface area (Å²) in [6, 6.07) is -1.15. The lowest BCUT2D eigenvalue weighted by molar-refractivity contribution is -0.148. The Kier molecular flexibility index (Phi) is 4.69. The van der Waals surface area contributed by atoms with Crippen molar-refractivity contribution in [2.24, 2.45) is 5.41 Å². The Balaban J connectivity index is 2.14. The molecule has 0 radical (unpaired) electrons. The molecular formula is C14H17NO6S. The van der Waals surface area contributed by atoms with E-state index in [2.05, 4.69) is 0 Å². The molecule has 0 aromatic heterocycles. The molecule has 1 saturated carbocycles. The topological polar surface area (TPSA) is 109 Å². The minimum Gasteiger partial charge on any atom is -0.480 e. The number of ketones is 2. The van der Waals surface area contributed by atoms with Crippen molar-refractivity contribution < 1.29 is 29.1 Å². The second-order valence-corrected chi connectivity index (χ2v) is 6.87. The number of likely N-dealkylation sites (tertiary alicyclic amines) is 1. The van der Waals surface area contributed by atoms with Gasteiger partial charge in [0, 0.05) is 38.5 Å². The van der Waals surface area contributed by atoms with Crippen LogP contribution in [0.4, 0.5) is 0 Å². The van der Waals surface area contributed by atoms with E-state index >= 15 is 0 Å². The van der Waals surface area contributed by atoms with Gasteiger partial charge in [-0.2, -0.15) is 0 Å². The molecule has 2 fully saturated rings. The van der Waals surface area contributed by atoms with Crippen LogP contribution in [0.1, 0.15) is 32.6 Å². The number of carbonyl (C=O) groups is 5. The van der Waals surface area contributed by atoms with Gasteiger partial charge < -0.3 is 10.0 Å². The molecule has 2 rings (SSSR count). The van der Waals surface area contributed by atoms with Crippen molar-refractivity contribution >= 4 is 40.3 Å². The molecule has 1 N–H and O–H groups in total. The highest BCUT2D eigenvalue weighted by molar-refractivity contribution is 8.13. The van der Waals surface area contributed by atoms with E-state index in [1.807, 2.05) is 0 Å². The van der Waals surface area contributed by atoms with Gasteiger partial charge in [0.1, 0.15) is 23.0 Å². The van der Waals surface area contributed by atoms with Gasteiger partial charge in [0.15, 0.2) is 5.12 Å². The monoisotopic (exact) mass is 327 g/mol. The molecular weight excluding hydrogens is 310 g/mol. The van der Waals surface area contributed by atoms with Crippen molar-refractivity contribution in [3.63, 3.8) is 0 Å². The van der Waals surface area contributed by atoms with E-state index in [0.717, 1.165) is 16.7 Å². The molecule has 120 valence electrons. The minimum atomic E-state index is -1.33. The van der Waals surface area contributed by atoms with Gasteiger partial charge in [-0.15, -0.1) is 0 Å². The van der Waals surface area contributed by atoms with Crippen LogP contribution in [0.3, 0.4) is 0 Å². The Bertz CT molecular complexity index is 542. The maximum absolute atomic E-state index is 12.2. The number of carbonyl (C=O) groups excluding carboxylic acids is 4. The molecule has 1 spiro atoms.